The molecular formula is C12H22N2O4Pt. The van der Waals surface area contributed by atoms with E-state index in [9.17, 15) is 9.59 Å². The van der Waals surface area contributed by atoms with Crippen LogP contribution in [0.25, 0.3) is 11.9 Å². The van der Waals surface area contributed by atoms with Gasteiger partial charge in [-0.15, -0.1) is 6.04 Å². The molecule has 6 nitrogen and oxygen atoms in total. The second-order valence-electron chi connectivity index (χ2n) is 4.80. The van der Waals surface area contributed by atoms with Crippen LogP contribution in [0, 0.1) is 11.8 Å². The van der Waals surface area contributed by atoms with Crippen molar-refractivity contribution in [3.05, 3.63) is 11.9 Å². The molecule has 19 heavy (non-hydrogen) atoms. The number of hydrogen-bond donors (Lipinski definition) is 2. The molecule has 2 saturated carbocycles. The summed E-state index contributed by atoms with van der Waals surface area (Å²) in [5, 5.41) is 17.4. The molecular weight excluding hydrogens is 431 g/mol. The van der Waals surface area contributed by atoms with Crippen molar-refractivity contribution in [1.82, 2.24) is 0 Å². The molecule has 114 valence electrons. The molecule has 0 amide bonds. The van der Waals surface area contributed by atoms with Crippen molar-refractivity contribution >= 4 is 11.9 Å². The first kappa shape index (κ1) is 20.9. The summed E-state index contributed by atoms with van der Waals surface area (Å²) in [6.07, 6.45) is 6.29. The molecule has 2 aliphatic carbocycles. The van der Waals surface area contributed by atoms with Gasteiger partial charge in [-0.3, -0.25) is 9.59 Å². The quantitative estimate of drug-likeness (QED) is 0.664. The van der Waals surface area contributed by atoms with Gasteiger partial charge in [-0.25, -0.2) is 0 Å². The molecule has 0 radical (unpaired) electrons. The van der Waals surface area contributed by atoms with Gasteiger partial charge in [0.1, 0.15) is 0 Å². The first-order valence-electron chi connectivity index (χ1n) is 6.19. The Morgan fingerprint density at radius 3 is 1.32 bits per heavy atom. The van der Waals surface area contributed by atoms with Crippen LogP contribution in [0.2, 0.25) is 0 Å². The van der Waals surface area contributed by atoms with Gasteiger partial charge in [0, 0.05) is 0 Å². The first-order chi connectivity index (χ1) is 8.02. The maximum atomic E-state index is 10.6. The fourth-order valence-corrected chi connectivity index (χ4v) is 2.13. The zero-order valence-electron chi connectivity index (χ0n) is 10.8. The number of aliphatic carboxylic acids is 2. The van der Waals surface area contributed by atoms with Crippen LogP contribution in [-0.2, 0) is 30.7 Å². The van der Waals surface area contributed by atoms with Crippen molar-refractivity contribution in [1.29, 1.82) is 0 Å². The second-order valence-corrected chi connectivity index (χ2v) is 4.80. The summed E-state index contributed by atoms with van der Waals surface area (Å²) in [6.45, 7) is 0. The van der Waals surface area contributed by atoms with E-state index in [4.69, 9.17) is 15.9 Å². The van der Waals surface area contributed by atoms with Gasteiger partial charge in [0.2, 0.25) is 0 Å². The smallest absolute Gasteiger partial charge is 0.693 e. The van der Waals surface area contributed by atoms with Crippen molar-refractivity contribution in [2.24, 2.45) is 11.8 Å². The van der Waals surface area contributed by atoms with Gasteiger partial charge in [-0.2, -0.15) is 0 Å². The minimum absolute atomic E-state index is 0. The van der Waals surface area contributed by atoms with Gasteiger partial charge >= 0.3 is 33.0 Å². The van der Waals surface area contributed by atoms with Crippen LogP contribution in [0.1, 0.15) is 44.9 Å². The SMILES string of the molecule is O=C(O)C1CCCCC1C(=O)O.[NH-]C1CCC1.[NH2-].[Pt+2]. The zero-order chi connectivity index (χ0) is 12.8. The van der Waals surface area contributed by atoms with Crippen molar-refractivity contribution in [3.63, 3.8) is 0 Å². The summed E-state index contributed by atoms with van der Waals surface area (Å²) < 4.78 is 0. The Hall–Kier alpha value is -0.452. The van der Waals surface area contributed by atoms with E-state index in [1.807, 2.05) is 0 Å². The second kappa shape index (κ2) is 10.3. The number of carboxylic acids is 2. The number of rotatable bonds is 2. The van der Waals surface area contributed by atoms with Gasteiger partial charge in [0.15, 0.2) is 0 Å². The Bertz CT molecular complexity index is 263. The van der Waals surface area contributed by atoms with E-state index >= 15 is 0 Å². The third-order valence-corrected chi connectivity index (χ3v) is 3.51. The Morgan fingerprint density at radius 2 is 1.16 bits per heavy atom. The summed E-state index contributed by atoms with van der Waals surface area (Å²) in [7, 11) is 0. The maximum absolute atomic E-state index is 10.6. The topological polar surface area (TPSA) is 132 Å². The van der Waals surface area contributed by atoms with Gasteiger partial charge < -0.3 is 22.1 Å². The molecule has 2 atom stereocenters. The van der Waals surface area contributed by atoms with E-state index in [0.717, 1.165) is 25.7 Å². The summed E-state index contributed by atoms with van der Waals surface area (Å²) in [6, 6.07) is 0.315. The molecule has 2 unspecified atom stereocenters. The fraction of sp³-hybridized carbons (Fsp3) is 0.833. The van der Waals surface area contributed by atoms with E-state index in [-0.39, 0.29) is 27.2 Å². The summed E-state index contributed by atoms with van der Waals surface area (Å²) >= 11 is 0. The van der Waals surface area contributed by atoms with Crippen LogP contribution < -0.4 is 0 Å². The van der Waals surface area contributed by atoms with Crippen LogP contribution in [-0.4, -0.2) is 28.2 Å². The van der Waals surface area contributed by atoms with Crippen molar-refractivity contribution < 1.29 is 40.9 Å². The van der Waals surface area contributed by atoms with E-state index in [1.54, 1.807) is 0 Å². The minimum Gasteiger partial charge on any atom is -0.693 e. The van der Waals surface area contributed by atoms with Crippen molar-refractivity contribution in [2.45, 2.75) is 51.0 Å². The molecule has 0 aromatic rings. The van der Waals surface area contributed by atoms with Gasteiger partial charge in [0.25, 0.3) is 0 Å². The maximum Gasteiger partial charge on any atom is 2.00 e. The Labute approximate surface area is 128 Å². The predicted octanol–water partition coefficient (Wildman–Crippen LogP) is 3.27. The number of nitrogens with one attached hydrogen (secondary N) is 1. The van der Waals surface area contributed by atoms with E-state index in [0.29, 0.717) is 18.9 Å². The number of carbonyl (C=O) groups is 2. The Balaban J connectivity index is 0. The Kier molecular flexibility index (Phi) is 11.4. The standard InChI is InChI=1S/C8H12O4.C4H8N.H2N.Pt/c9-7(10)5-3-1-2-4-6(5)8(11)12;5-4-2-1-3-4;;/h5-6H,1-4H2,(H,9,10)(H,11,12);4-5H,1-3H2;1H2;/q;2*-1;+2. The van der Waals surface area contributed by atoms with Crippen molar-refractivity contribution in [3.8, 4) is 0 Å². The third-order valence-electron chi connectivity index (χ3n) is 3.51. The fourth-order valence-electron chi connectivity index (χ4n) is 2.13. The molecule has 2 rings (SSSR count). The van der Waals surface area contributed by atoms with Crippen LogP contribution in [0.5, 0.6) is 0 Å². The predicted molar refractivity (Wildman–Crippen MR) is 68.0 cm³/mol. The Morgan fingerprint density at radius 1 is 0.842 bits per heavy atom. The summed E-state index contributed by atoms with van der Waals surface area (Å²) in [5.74, 6) is -3.28. The van der Waals surface area contributed by atoms with Crippen LogP contribution in [0.4, 0.5) is 0 Å². The minimum atomic E-state index is -0.970. The largest absolute Gasteiger partial charge is 2.00 e. The summed E-state index contributed by atoms with van der Waals surface area (Å²) in [4.78, 5) is 21.2. The molecule has 2 fully saturated rings. The molecule has 0 spiro atoms. The molecule has 0 aromatic carbocycles. The normalized spacial score (nSPS) is 25.5. The van der Waals surface area contributed by atoms with Crippen LogP contribution in [0.3, 0.4) is 0 Å². The van der Waals surface area contributed by atoms with Crippen molar-refractivity contribution in [2.75, 3.05) is 0 Å². The van der Waals surface area contributed by atoms with Gasteiger partial charge in [-0.05, 0) is 12.8 Å². The third kappa shape index (κ3) is 7.04. The van der Waals surface area contributed by atoms with E-state index in [1.165, 1.54) is 6.42 Å². The molecule has 2 aliphatic rings. The molecule has 0 aliphatic heterocycles. The van der Waals surface area contributed by atoms with Crippen LogP contribution in [0.15, 0.2) is 0 Å². The molecule has 5 N–H and O–H groups in total. The van der Waals surface area contributed by atoms with Crippen LogP contribution >= 0.6 is 0 Å². The molecule has 0 aromatic heterocycles. The average molecular weight is 453 g/mol. The number of hydrogen-bond acceptors (Lipinski definition) is 2. The van der Waals surface area contributed by atoms with Gasteiger partial charge in [0.05, 0.1) is 11.8 Å². The average Bonchev–Trinajstić information content (AvgIpc) is 2.27. The first-order valence-corrected chi connectivity index (χ1v) is 6.19. The molecule has 0 bridgehead atoms. The zero-order valence-corrected chi connectivity index (χ0v) is 13.1. The van der Waals surface area contributed by atoms with E-state index in [2.05, 4.69) is 0 Å². The number of nitrogens with two attached hydrogens (primary N) is 1. The monoisotopic (exact) mass is 453 g/mol. The van der Waals surface area contributed by atoms with Gasteiger partial charge in [-0.1, -0.05) is 32.1 Å². The molecule has 7 heteroatoms. The molecule has 0 heterocycles. The van der Waals surface area contributed by atoms with E-state index < -0.39 is 23.8 Å². The molecule has 0 saturated heterocycles. The number of carboxylic acid groups (broad SMARTS) is 2. The summed E-state index contributed by atoms with van der Waals surface area (Å²) in [5.41, 5.74) is 6.91.